The standard InChI is InChI=1S/C31H23F3N4O3/c1-16-19(8-9-21(25(16)33)28(39)38-31(12-13-31)30-36-14-3-15-37-30)20-10-11-22-23(26(20)34)24(29(40)35-2)27(41-22)17-4-6-18(32)7-5-17/h3-11,14-15H,12-13H2,1-2H3,(H,35,40)(H,38,39). The summed E-state index contributed by atoms with van der Waals surface area (Å²) in [7, 11) is 1.40. The third-order valence-corrected chi connectivity index (χ3v) is 7.37. The van der Waals surface area contributed by atoms with Gasteiger partial charge in [-0.15, -0.1) is 0 Å². The molecule has 206 valence electrons. The lowest BCUT2D eigenvalue weighted by Crippen LogP contribution is -2.36. The van der Waals surface area contributed by atoms with Crippen LogP contribution in [0.3, 0.4) is 0 Å². The van der Waals surface area contributed by atoms with E-state index in [9.17, 15) is 14.0 Å². The molecule has 0 aliphatic heterocycles. The number of fused-ring (bicyclic) bond motifs is 1. The highest BCUT2D eigenvalue weighted by atomic mass is 19.1. The van der Waals surface area contributed by atoms with Crippen molar-refractivity contribution < 1.29 is 27.2 Å². The molecular formula is C31H23F3N4O3. The quantitative estimate of drug-likeness (QED) is 0.265. The van der Waals surface area contributed by atoms with Crippen LogP contribution in [0.25, 0.3) is 33.4 Å². The van der Waals surface area contributed by atoms with E-state index in [4.69, 9.17) is 4.42 Å². The second-order valence-electron chi connectivity index (χ2n) is 9.90. The number of benzene rings is 3. The Bertz CT molecular complexity index is 1830. The van der Waals surface area contributed by atoms with Gasteiger partial charge >= 0.3 is 0 Å². The van der Waals surface area contributed by atoms with Crippen LogP contribution in [-0.2, 0) is 5.54 Å². The Kier molecular flexibility index (Phi) is 6.33. The molecule has 1 fully saturated rings. The number of hydrogen-bond donors (Lipinski definition) is 2. The van der Waals surface area contributed by atoms with Crippen LogP contribution in [0.15, 0.2) is 71.4 Å². The van der Waals surface area contributed by atoms with Crippen molar-refractivity contribution in [3.63, 3.8) is 0 Å². The van der Waals surface area contributed by atoms with Crippen LogP contribution in [0, 0.1) is 24.4 Å². The fourth-order valence-corrected chi connectivity index (χ4v) is 5.02. The molecule has 2 aromatic heterocycles. The van der Waals surface area contributed by atoms with E-state index in [0.717, 1.165) is 0 Å². The number of aromatic nitrogens is 2. The molecule has 1 aliphatic rings. The second kappa shape index (κ2) is 9.88. The van der Waals surface area contributed by atoms with Gasteiger partial charge in [-0.25, -0.2) is 23.1 Å². The summed E-state index contributed by atoms with van der Waals surface area (Å²) in [5, 5.41) is 5.25. The van der Waals surface area contributed by atoms with Crippen molar-refractivity contribution in [1.82, 2.24) is 20.6 Å². The van der Waals surface area contributed by atoms with E-state index in [2.05, 4.69) is 20.6 Å². The number of carbonyl (C=O) groups excluding carboxylic acids is 2. The minimum atomic E-state index is -0.796. The van der Waals surface area contributed by atoms with E-state index in [-0.39, 0.29) is 44.5 Å². The molecule has 3 aromatic carbocycles. The summed E-state index contributed by atoms with van der Waals surface area (Å²) in [5.74, 6) is -2.77. The number of halogens is 3. The molecule has 1 aliphatic carbocycles. The van der Waals surface area contributed by atoms with E-state index in [1.165, 1.54) is 62.5 Å². The molecule has 0 radical (unpaired) electrons. The molecule has 2 heterocycles. The van der Waals surface area contributed by atoms with Crippen molar-refractivity contribution in [1.29, 1.82) is 0 Å². The summed E-state index contributed by atoms with van der Waals surface area (Å²) in [6.45, 7) is 1.46. The second-order valence-corrected chi connectivity index (χ2v) is 9.90. The van der Waals surface area contributed by atoms with Gasteiger partial charge in [0.05, 0.1) is 16.5 Å². The van der Waals surface area contributed by atoms with Crippen LogP contribution >= 0.6 is 0 Å². The van der Waals surface area contributed by atoms with E-state index in [1.54, 1.807) is 18.5 Å². The molecule has 0 saturated heterocycles. The Morgan fingerprint density at radius 3 is 2.22 bits per heavy atom. The first-order valence-corrected chi connectivity index (χ1v) is 12.9. The summed E-state index contributed by atoms with van der Waals surface area (Å²) in [6.07, 6.45) is 4.42. The molecule has 0 atom stereocenters. The monoisotopic (exact) mass is 556 g/mol. The molecule has 0 unspecified atom stereocenters. The van der Waals surface area contributed by atoms with Gasteiger partial charge < -0.3 is 15.1 Å². The maximum Gasteiger partial charge on any atom is 0.255 e. The summed E-state index contributed by atoms with van der Waals surface area (Å²) in [6, 6.07) is 12.6. The molecule has 0 spiro atoms. The number of amides is 2. The fraction of sp³-hybridized carbons (Fsp3) is 0.161. The van der Waals surface area contributed by atoms with Gasteiger partial charge in [0, 0.05) is 30.6 Å². The smallest absolute Gasteiger partial charge is 0.255 e. The Morgan fingerprint density at radius 1 is 0.878 bits per heavy atom. The normalized spacial score (nSPS) is 13.7. The van der Waals surface area contributed by atoms with Gasteiger partial charge in [-0.1, -0.05) is 6.07 Å². The lowest BCUT2D eigenvalue weighted by molar-refractivity contribution is 0.0922. The number of hydrogen-bond acceptors (Lipinski definition) is 5. The predicted molar refractivity (Wildman–Crippen MR) is 145 cm³/mol. The van der Waals surface area contributed by atoms with Crippen LogP contribution in [0.1, 0.15) is 44.9 Å². The van der Waals surface area contributed by atoms with Gasteiger partial charge in [0.25, 0.3) is 11.8 Å². The maximum atomic E-state index is 16.2. The molecule has 41 heavy (non-hydrogen) atoms. The average Bonchev–Trinajstić information content (AvgIpc) is 3.66. The highest BCUT2D eigenvalue weighted by Crippen LogP contribution is 2.44. The van der Waals surface area contributed by atoms with Gasteiger partial charge in [0.15, 0.2) is 5.82 Å². The molecular weight excluding hydrogens is 533 g/mol. The number of carbonyl (C=O) groups is 2. The molecule has 5 aromatic rings. The molecule has 7 nitrogen and oxygen atoms in total. The van der Waals surface area contributed by atoms with Crippen LogP contribution < -0.4 is 10.6 Å². The van der Waals surface area contributed by atoms with Crippen molar-refractivity contribution >= 4 is 22.8 Å². The lowest BCUT2D eigenvalue weighted by atomic mass is 9.94. The summed E-state index contributed by atoms with van der Waals surface area (Å²) >= 11 is 0. The van der Waals surface area contributed by atoms with Gasteiger partial charge in [0.2, 0.25) is 0 Å². The summed E-state index contributed by atoms with van der Waals surface area (Å²) < 4.78 is 51.2. The van der Waals surface area contributed by atoms with E-state index in [0.29, 0.717) is 24.2 Å². The molecule has 0 bridgehead atoms. The largest absolute Gasteiger partial charge is 0.455 e. The summed E-state index contributed by atoms with van der Waals surface area (Å²) in [4.78, 5) is 34.4. The molecule has 1 saturated carbocycles. The van der Waals surface area contributed by atoms with Crippen molar-refractivity contribution in [2.24, 2.45) is 0 Å². The van der Waals surface area contributed by atoms with Crippen LogP contribution in [-0.4, -0.2) is 28.8 Å². The fourth-order valence-electron chi connectivity index (χ4n) is 5.02. The minimum Gasteiger partial charge on any atom is -0.455 e. The van der Waals surface area contributed by atoms with Crippen LogP contribution in [0.4, 0.5) is 13.2 Å². The third kappa shape index (κ3) is 4.41. The number of nitrogens with one attached hydrogen (secondary N) is 2. The number of furan rings is 1. The van der Waals surface area contributed by atoms with Crippen LogP contribution in [0.2, 0.25) is 0 Å². The molecule has 2 N–H and O–H groups in total. The Morgan fingerprint density at radius 2 is 1.56 bits per heavy atom. The van der Waals surface area contributed by atoms with Gasteiger partial charge in [0.1, 0.15) is 34.3 Å². The van der Waals surface area contributed by atoms with Gasteiger partial charge in [-0.3, -0.25) is 9.59 Å². The first-order valence-electron chi connectivity index (χ1n) is 12.9. The predicted octanol–water partition coefficient (Wildman–Crippen LogP) is 6.06. The zero-order chi connectivity index (χ0) is 28.9. The van der Waals surface area contributed by atoms with Crippen molar-refractivity contribution in [3.8, 4) is 22.5 Å². The van der Waals surface area contributed by atoms with Crippen molar-refractivity contribution in [3.05, 3.63) is 107 Å². The van der Waals surface area contributed by atoms with Crippen molar-refractivity contribution in [2.45, 2.75) is 25.3 Å². The molecule has 2 amide bonds. The van der Waals surface area contributed by atoms with Gasteiger partial charge in [-0.2, -0.15) is 0 Å². The Hall–Kier alpha value is -4.99. The lowest BCUT2D eigenvalue weighted by Gasteiger charge is -2.17. The molecule has 10 heteroatoms. The Labute approximate surface area is 232 Å². The zero-order valence-electron chi connectivity index (χ0n) is 22.0. The third-order valence-electron chi connectivity index (χ3n) is 7.37. The molecule has 6 rings (SSSR count). The van der Waals surface area contributed by atoms with Crippen molar-refractivity contribution in [2.75, 3.05) is 7.05 Å². The Balaban J connectivity index is 1.41. The SMILES string of the molecule is CNC(=O)c1c(-c2ccc(F)cc2)oc2ccc(-c3ccc(C(=O)NC4(c5ncccn5)CC4)c(F)c3C)c(F)c12. The van der Waals surface area contributed by atoms with Gasteiger partial charge in [-0.05, 0) is 79.4 Å². The minimum absolute atomic E-state index is 0.0221. The topological polar surface area (TPSA) is 97.1 Å². The van der Waals surface area contributed by atoms with E-state index >= 15 is 8.78 Å². The first kappa shape index (κ1) is 26.2. The highest BCUT2D eigenvalue weighted by molar-refractivity contribution is 6.12. The van der Waals surface area contributed by atoms with E-state index < -0.39 is 34.8 Å². The summed E-state index contributed by atoms with van der Waals surface area (Å²) in [5.41, 5.74) is -0.241. The number of rotatable bonds is 6. The first-order chi connectivity index (χ1) is 19.7. The average molecular weight is 557 g/mol. The van der Waals surface area contributed by atoms with Crippen LogP contribution in [0.5, 0.6) is 0 Å². The number of nitrogens with zero attached hydrogens (tertiary/aromatic N) is 2. The van der Waals surface area contributed by atoms with E-state index in [1.807, 2.05) is 0 Å². The highest BCUT2D eigenvalue weighted by Gasteiger charge is 2.48. The maximum absolute atomic E-state index is 16.2. The zero-order valence-corrected chi connectivity index (χ0v) is 22.0.